The lowest BCUT2D eigenvalue weighted by molar-refractivity contribution is -0.143. The summed E-state index contributed by atoms with van der Waals surface area (Å²) in [5, 5.41) is 0. The van der Waals surface area contributed by atoms with Gasteiger partial charge in [-0.1, -0.05) is 19.3 Å². The van der Waals surface area contributed by atoms with Gasteiger partial charge < -0.3 is 9.64 Å². The molecule has 1 aliphatic carbocycles. The fourth-order valence-corrected chi connectivity index (χ4v) is 3.36. The summed E-state index contributed by atoms with van der Waals surface area (Å²) >= 11 is 0. The van der Waals surface area contributed by atoms with Crippen LogP contribution in [0, 0.1) is 11.8 Å². The summed E-state index contributed by atoms with van der Waals surface area (Å²) in [5.41, 5.74) is 0. The highest BCUT2D eigenvalue weighted by Gasteiger charge is 2.30. The van der Waals surface area contributed by atoms with Gasteiger partial charge >= 0.3 is 5.97 Å². The Morgan fingerprint density at radius 1 is 1.24 bits per heavy atom. The highest BCUT2D eigenvalue weighted by atomic mass is 16.5. The number of carbonyl (C=O) groups is 1. The van der Waals surface area contributed by atoms with Gasteiger partial charge in [0.25, 0.3) is 0 Å². The molecule has 0 aromatic carbocycles. The van der Waals surface area contributed by atoms with Gasteiger partial charge in [-0.2, -0.15) is 0 Å². The number of fused-ring (bicyclic) bond motifs is 1. The molecule has 0 radical (unpaired) electrons. The molecular weight excluding hydrogens is 214 g/mol. The van der Waals surface area contributed by atoms with Crippen molar-refractivity contribution in [2.24, 2.45) is 11.8 Å². The van der Waals surface area contributed by atoms with Gasteiger partial charge in [-0.05, 0) is 38.1 Å². The van der Waals surface area contributed by atoms with Crippen molar-refractivity contribution in [3.63, 3.8) is 0 Å². The molecule has 1 saturated carbocycles. The fourth-order valence-electron chi connectivity index (χ4n) is 3.36. The number of hydrogen-bond acceptors (Lipinski definition) is 3. The molecule has 2 aliphatic rings. The molecule has 1 saturated heterocycles. The maximum absolute atomic E-state index is 11.3. The Hall–Kier alpha value is -0.570. The van der Waals surface area contributed by atoms with Crippen molar-refractivity contribution in [3.8, 4) is 0 Å². The lowest BCUT2D eigenvalue weighted by Gasteiger charge is -2.41. The van der Waals surface area contributed by atoms with E-state index < -0.39 is 0 Å². The van der Waals surface area contributed by atoms with Crippen molar-refractivity contribution in [1.82, 2.24) is 4.90 Å². The monoisotopic (exact) mass is 239 g/mol. The quantitative estimate of drug-likeness (QED) is 0.706. The number of likely N-dealkylation sites (tertiary alicyclic amines) is 1. The highest BCUT2D eigenvalue weighted by molar-refractivity contribution is 5.69. The van der Waals surface area contributed by atoms with Gasteiger partial charge in [0.15, 0.2) is 0 Å². The summed E-state index contributed by atoms with van der Waals surface area (Å²) in [6.45, 7) is 5.65. The van der Waals surface area contributed by atoms with Gasteiger partial charge in [-0.15, -0.1) is 0 Å². The van der Waals surface area contributed by atoms with E-state index in [9.17, 15) is 4.79 Å². The molecule has 1 aliphatic heterocycles. The second-order valence-corrected chi connectivity index (χ2v) is 5.45. The maximum Gasteiger partial charge on any atom is 0.307 e. The molecule has 0 amide bonds. The Balaban J connectivity index is 1.70. The molecule has 98 valence electrons. The first-order valence-corrected chi connectivity index (χ1v) is 7.17. The molecule has 2 rings (SSSR count). The zero-order valence-corrected chi connectivity index (χ0v) is 11.0. The van der Waals surface area contributed by atoms with Crippen molar-refractivity contribution in [3.05, 3.63) is 0 Å². The second kappa shape index (κ2) is 6.39. The third kappa shape index (κ3) is 3.70. The van der Waals surface area contributed by atoms with E-state index in [2.05, 4.69) is 4.90 Å². The molecule has 0 N–H and O–H groups in total. The lowest BCUT2D eigenvalue weighted by Crippen LogP contribution is -2.42. The Kier molecular flexibility index (Phi) is 4.84. The van der Waals surface area contributed by atoms with E-state index in [1.165, 1.54) is 45.2 Å². The fraction of sp³-hybridized carbons (Fsp3) is 0.929. The van der Waals surface area contributed by atoms with Gasteiger partial charge in [0, 0.05) is 13.1 Å². The number of ether oxygens (including phenoxy) is 1. The number of piperidine rings is 1. The van der Waals surface area contributed by atoms with E-state index in [1.807, 2.05) is 6.92 Å². The Morgan fingerprint density at radius 2 is 2.00 bits per heavy atom. The Bertz CT molecular complexity index is 255. The predicted octanol–water partition coefficient (Wildman–Crippen LogP) is 2.45. The zero-order valence-electron chi connectivity index (χ0n) is 11.0. The highest BCUT2D eigenvalue weighted by Crippen LogP contribution is 2.35. The minimum Gasteiger partial charge on any atom is -0.466 e. The van der Waals surface area contributed by atoms with Crippen LogP contribution in [0.5, 0.6) is 0 Å². The maximum atomic E-state index is 11.3. The van der Waals surface area contributed by atoms with E-state index in [1.54, 1.807) is 0 Å². The van der Waals surface area contributed by atoms with Crippen molar-refractivity contribution in [2.75, 3.05) is 26.2 Å². The summed E-state index contributed by atoms with van der Waals surface area (Å²) in [6.07, 6.45) is 7.59. The van der Waals surface area contributed by atoms with Crippen molar-refractivity contribution >= 4 is 5.97 Å². The number of nitrogens with zero attached hydrogens (tertiary/aromatic N) is 1. The van der Waals surface area contributed by atoms with Crippen molar-refractivity contribution in [1.29, 1.82) is 0 Å². The van der Waals surface area contributed by atoms with E-state index in [0.29, 0.717) is 13.0 Å². The van der Waals surface area contributed by atoms with Gasteiger partial charge in [0.2, 0.25) is 0 Å². The molecule has 2 fully saturated rings. The van der Waals surface area contributed by atoms with Crippen LogP contribution < -0.4 is 0 Å². The van der Waals surface area contributed by atoms with Crippen molar-refractivity contribution < 1.29 is 9.53 Å². The predicted molar refractivity (Wildman–Crippen MR) is 67.8 cm³/mol. The van der Waals surface area contributed by atoms with E-state index >= 15 is 0 Å². The molecule has 3 heteroatoms. The van der Waals surface area contributed by atoms with Crippen LogP contribution in [0.2, 0.25) is 0 Å². The molecule has 0 aromatic rings. The van der Waals surface area contributed by atoms with E-state index in [-0.39, 0.29) is 5.97 Å². The van der Waals surface area contributed by atoms with E-state index in [0.717, 1.165) is 18.4 Å². The minimum atomic E-state index is -0.0433. The number of esters is 1. The average Bonchev–Trinajstić information content (AvgIpc) is 2.36. The lowest BCUT2D eigenvalue weighted by atomic mass is 9.75. The molecule has 0 bridgehead atoms. The molecule has 3 nitrogen and oxygen atoms in total. The molecular formula is C14H25NO2. The molecule has 0 spiro atoms. The van der Waals surface area contributed by atoms with Crippen molar-refractivity contribution in [2.45, 2.75) is 45.4 Å². The van der Waals surface area contributed by atoms with Crippen LogP contribution in [0.25, 0.3) is 0 Å². The number of carbonyl (C=O) groups excluding carboxylic acids is 1. The summed E-state index contributed by atoms with van der Waals surface area (Å²) in [4.78, 5) is 13.8. The van der Waals surface area contributed by atoms with Crippen LogP contribution in [0.15, 0.2) is 0 Å². The normalized spacial score (nSPS) is 29.7. The molecule has 1 heterocycles. The number of hydrogen-bond donors (Lipinski definition) is 0. The first-order valence-electron chi connectivity index (χ1n) is 7.17. The topological polar surface area (TPSA) is 29.5 Å². The van der Waals surface area contributed by atoms with Gasteiger partial charge in [0.1, 0.15) is 0 Å². The smallest absolute Gasteiger partial charge is 0.307 e. The van der Waals surface area contributed by atoms with Gasteiger partial charge in [-0.3, -0.25) is 4.79 Å². The van der Waals surface area contributed by atoms with Crippen LogP contribution in [-0.4, -0.2) is 37.1 Å². The van der Waals surface area contributed by atoms with Crippen LogP contribution in [-0.2, 0) is 9.53 Å². The van der Waals surface area contributed by atoms with Crippen LogP contribution in [0.1, 0.15) is 45.4 Å². The third-order valence-electron chi connectivity index (χ3n) is 4.31. The third-order valence-corrected chi connectivity index (χ3v) is 4.31. The standard InChI is InChI=1S/C14H25NO2/c1-2-17-14(16)8-10-15-9-7-12-5-3-4-6-13(12)11-15/h12-13H,2-11H2,1H3. The zero-order chi connectivity index (χ0) is 12.1. The summed E-state index contributed by atoms with van der Waals surface area (Å²) < 4.78 is 4.97. The van der Waals surface area contributed by atoms with Gasteiger partial charge in [0.05, 0.1) is 13.0 Å². The second-order valence-electron chi connectivity index (χ2n) is 5.45. The molecule has 2 atom stereocenters. The Morgan fingerprint density at radius 3 is 2.76 bits per heavy atom. The first-order chi connectivity index (χ1) is 8.29. The largest absolute Gasteiger partial charge is 0.466 e. The summed E-state index contributed by atoms with van der Waals surface area (Å²) in [6, 6.07) is 0. The van der Waals surface area contributed by atoms with Crippen LogP contribution >= 0.6 is 0 Å². The summed E-state index contributed by atoms with van der Waals surface area (Å²) in [5.74, 6) is 1.83. The Labute approximate surface area is 105 Å². The number of rotatable bonds is 4. The molecule has 0 aromatic heterocycles. The summed E-state index contributed by atoms with van der Waals surface area (Å²) in [7, 11) is 0. The minimum absolute atomic E-state index is 0.0433. The first kappa shape index (κ1) is 12.9. The SMILES string of the molecule is CCOC(=O)CCN1CCC2CCCCC2C1. The van der Waals surface area contributed by atoms with Gasteiger partial charge in [-0.25, -0.2) is 0 Å². The van der Waals surface area contributed by atoms with E-state index in [4.69, 9.17) is 4.74 Å². The molecule has 17 heavy (non-hydrogen) atoms. The molecule has 2 unspecified atom stereocenters. The van der Waals surface area contributed by atoms with Crippen LogP contribution in [0.3, 0.4) is 0 Å². The average molecular weight is 239 g/mol. The van der Waals surface area contributed by atoms with Crippen LogP contribution in [0.4, 0.5) is 0 Å².